The Kier molecular flexibility index (Phi) is 13.9. The Morgan fingerprint density at radius 2 is 1.50 bits per heavy atom. The first-order valence-electron chi connectivity index (χ1n) is 12.4. The predicted molar refractivity (Wildman–Crippen MR) is 143 cm³/mol. The number of aliphatic hydroxyl groups is 1. The lowest BCUT2D eigenvalue weighted by Gasteiger charge is -2.26. The van der Waals surface area contributed by atoms with Crippen LogP contribution < -0.4 is 38.9 Å². The summed E-state index contributed by atoms with van der Waals surface area (Å²) >= 11 is 0. The van der Waals surface area contributed by atoms with Crippen molar-refractivity contribution in [2.45, 2.75) is 69.3 Å². The fraction of sp³-hybridized carbons (Fsp3) is 0.500. The van der Waals surface area contributed by atoms with Gasteiger partial charge in [0, 0.05) is 13.0 Å². The fourth-order valence-corrected chi connectivity index (χ4v) is 3.49. The van der Waals surface area contributed by atoms with Crippen LogP contribution in [0.4, 0.5) is 0 Å². The van der Waals surface area contributed by atoms with Crippen LogP contribution in [0.2, 0.25) is 0 Å². The third-order valence-electron chi connectivity index (χ3n) is 5.66. The topological polar surface area (TPSA) is 299 Å². The first kappa shape index (κ1) is 33.6. The molecule has 0 aliphatic heterocycles. The van der Waals surface area contributed by atoms with Crippen LogP contribution in [0, 0.1) is 0 Å². The number of benzene rings is 1. The molecule has 0 spiro atoms. The highest BCUT2D eigenvalue weighted by Gasteiger charge is 2.32. The number of rotatable bonds is 17. The van der Waals surface area contributed by atoms with Crippen molar-refractivity contribution < 1.29 is 39.3 Å². The number of phenols is 1. The molecule has 0 heterocycles. The van der Waals surface area contributed by atoms with Crippen LogP contribution >= 0.6 is 0 Å². The highest BCUT2D eigenvalue weighted by Crippen LogP contribution is 2.11. The van der Waals surface area contributed by atoms with Gasteiger partial charge in [-0.15, -0.1) is 0 Å². The number of aliphatic hydroxyl groups excluding tert-OH is 1. The van der Waals surface area contributed by atoms with Crippen LogP contribution in [-0.2, 0) is 30.4 Å². The Hall–Kier alpha value is -4.44. The Labute approximate surface area is 230 Å². The molecule has 16 nitrogen and oxygen atoms in total. The molecule has 222 valence electrons. The van der Waals surface area contributed by atoms with Gasteiger partial charge in [0.1, 0.15) is 23.9 Å². The van der Waals surface area contributed by atoms with Gasteiger partial charge in [-0.3, -0.25) is 24.2 Å². The van der Waals surface area contributed by atoms with E-state index in [4.69, 9.17) is 22.9 Å². The summed E-state index contributed by atoms with van der Waals surface area (Å²) in [6, 6.07) is 0.510. The van der Waals surface area contributed by atoms with Gasteiger partial charge in [-0.25, -0.2) is 4.79 Å². The summed E-state index contributed by atoms with van der Waals surface area (Å²) in [7, 11) is 0. The molecule has 0 aliphatic rings. The van der Waals surface area contributed by atoms with E-state index in [9.17, 15) is 39.3 Å². The average molecular weight is 567 g/mol. The maximum atomic E-state index is 13.0. The lowest BCUT2D eigenvalue weighted by Crippen LogP contribution is -2.60. The van der Waals surface area contributed by atoms with E-state index in [1.54, 1.807) is 12.1 Å². The molecular formula is C24H38N8O8. The molecule has 1 rings (SSSR count). The highest BCUT2D eigenvalue weighted by molar-refractivity contribution is 5.94. The van der Waals surface area contributed by atoms with Crippen LogP contribution in [-0.4, -0.2) is 87.7 Å². The average Bonchev–Trinajstić information content (AvgIpc) is 2.86. The molecule has 16 heteroatoms. The zero-order chi connectivity index (χ0) is 30.4. The summed E-state index contributed by atoms with van der Waals surface area (Å²) in [5, 5.41) is 36.0. The van der Waals surface area contributed by atoms with Crippen molar-refractivity contribution in [3.8, 4) is 5.75 Å². The Morgan fingerprint density at radius 3 is 2.02 bits per heavy atom. The predicted octanol–water partition coefficient (Wildman–Crippen LogP) is -3.50. The van der Waals surface area contributed by atoms with E-state index in [-0.39, 0.29) is 50.4 Å². The Bertz CT molecular complexity index is 1060. The summed E-state index contributed by atoms with van der Waals surface area (Å²) in [6.45, 7) is 1.35. The molecule has 5 unspecified atom stereocenters. The summed E-state index contributed by atoms with van der Waals surface area (Å²) < 4.78 is 0. The summed E-state index contributed by atoms with van der Waals surface area (Å²) in [5.41, 5.74) is 22.2. The molecule has 4 amide bonds. The number of carbonyl (C=O) groups excluding carboxylic acids is 4. The molecule has 1 aromatic rings. The number of nitrogens with one attached hydrogen (secondary N) is 3. The zero-order valence-electron chi connectivity index (χ0n) is 22.1. The smallest absolute Gasteiger partial charge is 0.326 e. The van der Waals surface area contributed by atoms with E-state index >= 15 is 0 Å². The van der Waals surface area contributed by atoms with Gasteiger partial charge in [0.05, 0.1) is 12.1 Å². The van der Waals surface area contributed by atoms with Gasteiger partial charge < -0.3 is 54.2 Å². The van der Waals surface area contributed by atoms with Crippen LogP contribution in [0.1, 0.15) is 38.2 Å². The van der Waals surface area contributed by atoms with E-state index < -0.39 is 59.9 Å². The summed E-state index contributed by atoms with van der Waals surface area (Å²) in [6.07, 6.45) is -1.80. The number of carboxylic acid groups (broad SMARTS) is 1. The number of phenolic OH excluding ortho intramolecular Hbond substituents is 1. The van der Waals surface area contributed by atoms with Crippen molar-refractivity contribution in [3.05, 3.63) is 29.8 Å². The molecule has 0 aliphatic carbocycles. The van der Waals surface area contributed by atoms with Crippen molar-refractivity contribution in [1.82, 2.24) is 16.0 Å². The SMILES string of the molecule is CC(O)C(NC(=O)C(N)Cc1ccc(O)cc1)C(=O)NC(CCC(N)=O)C(=O)NC(CCCN=C(N)N)C(=O)O. The van der Waals surface area contributed by atoms with Gasteiger partial charge in [-0.1, -0.05) is 12.1 Å². The molecule has 0 fully saturated rings. The van der Waals surface area contributed by atoms with Crippen molar-refractivity contribution in [2.24, 2.45) is 27.9 Å². The van der Waals surface area contributed by atoms with E-state index in [0.717, 1.165) is 0 Å². The van der Waals surface area contributed by atoms with Crippen molar-refractivity contribution in [2.75, 3.05) is 6.54 Å². The number of nitrogens with two attached hydrogens (primary N) is 4. The fourth-order valence-electron chi connectivity index (χ4n) is 3.49. The normalized spacial score (nSPS) is 14.5. The molecule has 40 heavy (non-hydrogen) atoms. The van der Waals surface area contributed by atoms with Gasteiger partial charge in [0.15, 0.2) is 5.96 Å². The molecule has 0 saturated heterocycles. The van der Waals surface area contributed by atoms with Gasteiger partial charge in [0.25, 0.3) is 0 Å². The number of nitrogens with zero attached hydrogens (tertiary/aromatic N) is 1. The van der Waals surface area contributed by atoms with E-state index in [2.05, 4.69) is 20.9 Å². The van der Waals surface area contributed by atoms with Crippen LogP contribution in [0.3, 0.4) is 0 Å². The number of carbonyl (C=O) groups is 5. The van der Waals surface area contributed by atoms with Crippen LogP contribution in [0.25, 0.3) is 0 Å². The van der Waals surface area contributed by atoms with Crippen molar-refractivity contribution >= 4 is 35.6 Å². The lowest BCUT2D eigenvalue weighted by molar-refractivity contribution is -0.142. The largest absolute Gasteiger partial charge is 0.508 e. The van der Waals surface area contributed by atoms with Crippen LogP contribution in [0.5, 0.6) is 5.75 Å². The molecule has 0 radical (unpaired) electrons. The molecule has 0 saturated carbocycles. The third-order valence-corrected chi connectivity index (χ3v) is 5.66. The number of hydrogen-bond acceptors (Lipinski definition) is 9. The quantitative estimate of drug-likeness (QED) is 0.0501. The van der Waals surface area contributed by atoms with Gasteiger partial charge in [-0.2, -0.15) is 0 Å². The Balaban J connectivity index is 2.94. The number of carboxylic acids is 1. The highest BCUT2D eigenvalue weighted by atomic mass is 16.4. The van der Waals surface area contributed by atoms with Crippen molar-refractivity contribution in [3.63, 3.8) is 0 Å². The third kappa shape index (κ3) is 12.4. The summed E-state index contributed by atoms with van der Waals surface area (Å²) in [5.74, 6) is -4.96. The van der Waals surface area contributed by atoms with Gasteiger partial charge in [0.2, 0.25) is 23.6 Å². The Morgan fingerprint density at radius 1 is 0.900 bits per heavy atom. The number of primary amides is 1. The summed E-state index contributed by atoms with van der Waals surface area (Å²) in [4.78, 5) is 65.2. The van der Waals surface area contributed by atoms with E-state index in [0.29, 0.717) is 5.56 Å². The second-order valence-corrected chi connectivity index (χ2v) is 9.12. The minimum atomic E-state index is -1.54. The minimum Gasteiger partial charge on any atom is -0.508 e. The molecule has 14 N–H and O–H groups in total. The minimum absolute atomic E-state index is 0.0307. The van der Waals surface area contributed by atoms with Gasteiger partial charge in [-0.05, 0) is 50.3 Å². The number of aromatic hydroxyl groups is 1. The number of guanidine groups is 1. The molecule has 0 aromatic heterocycles. The van der Waals surface area contributed by atoms with Crippen molar-refractivity contribution in [1.29, 1.82) is 0 Å². The van der Waals surface area contributed by atoms with E-state index in [1.807, 2.05) is 0 Å². The number of amides is 4. The first-order chi connectivity index (χ1) is 18.7. The zero-order valence-corrected chi connectivity index (χ0v) is 22.1. The van der Waals surface area contributed by atoms with Gasteiger partial charge >= 0.3 is 5.97 Å². The first-order valence-corrected chi connectivity index (χ1v) is 12.4. The lowest BCUT2D eigenvalue weighted by atomic mass is 10.0. The second kappa shape index (κ2) is 16.5. The number of aliphatic carboxylic acids is 1. The molecular weight excluding hydrogens is 528 g/mol. The monoisotopic (exact) mass is 566 g/mol. The second-order valence-electron chi connectivity index (χ2n) is 9.12. The molecule has 5 atom stereocenters. The molecule has 1 aromatic carbocycles. The molecule has 0 bridgehead atoms. The van der Waals surface area contributed by atoms with Crippen LogP contribution in [0.15, 0.2) is 29.3 Å². The number of hydrogen-bond donors (Lipinski definition) is 10. The maximum Gasteiger partial charge on any atom is 0.326 e. The maximum absolute atomic E-state index is 13.0. The number of aliphatic imine (C=N–C) groups is 1. The standard InChI is InChI=1S/C24H38N8O8/c1-12(33)19(32-20(36)15(25)11-13-4-6-14(34)7-5-13)22(38)30-16(8-9-18(26)35)21(37)31-17(23(39)40)3-2-10-29-24(27)28/h4-7,12,15-17,19,33-34H,2-3,8-11,25H2,1H3,(H2,26,35)(H,30,38)(H,31,37)(H,32,36)(H,39,40)(H4,27,28,29). The van der Waals surface area contributed by atoms with E-state index in [1.165, 1.54) is 19.1 Å².